The molecule has 92 valence electrons. The molecule has 2 aromatic carbocycles. The summed E-state index contributed by atoms with van der Waals surface area (Å²) in [5.41, 5.74) is 0. The molecule has 0 aliphatic rings. The number of rotatable bonds is 3. The van der Waals surface area contributed by atoms with Crippen molar-refractivity contribution in [3.05, 3.63) is 60.7 Å². The van der Waals surface area contributed by atoms with Crippen LogP contribution in [0.25, 0.3) is 0 Å². The molecule has 0 atom stereocenters. The van der Waals surface area contributed by atoms with E-state index in [0.717, 1.165) is 0 Å². The van der Waals surface area contributed by atoms with Gasteiger partial charge in [0, 0.05) is 0 Å². The quantitative estimate of drug-likeness (QED) is 0.631. The molecular weight excluding hydrogens is 425 g/mol. The number of aliphatic carboxylic acids is 1. The Morgan fingerprint density at radius 1 is 0.944 bits per heavy atom. The summed E-state index contributed by atoms with van der Waals surface area (Å²) in [6.07, 6.45) is 0. The van der Waals surface area contributed by atoms with Gasteiger partial charge in [-0.15, -0.1) is 0 Å². The molecule has 0 aliphatic carbocycles. The number of benzene rings is 2. The Morgan fingerprint density at radius 2 is 1.28 bits per heavy atom. The monoisotopic (exact) mass is 438 g/mol. The summed E-state index contributed by atoms with van der Waals surface area (Å²) < 4.78 is 3.10. The van der Waals surface area contributed by atoms with Crippen molar-refractivity contribution in [1.82, 2.24) is 0 Å². The van der Waals surface area contributed by atoms with Gasteiger partial charge in [-0.05, 0) is 0 Å². The molecule has 18 heavy (non-hydrogen) atoms. The van der Waals surface area contributed by atoms with Crippen LogP contribution in [0.5, 0.6) is 0 Å². The van der Waals surface area contributed by atoms with E-state index in [4.69, 9.17) is 15.0 Å². The van der Waals surface area contributed by atoms with Gasteiger partial charge in [0.05, 0.1) is 12.6 Å². The second-order valence-electron chi connectivity index (χ2n) is 3.31. The van der Waals surface area contributed by atoms with Gasteiger partial charge >= 0.3 is 90.4 Å². The molecule has 0 amide bonds. The number of carbonyl (C=O) groups excluding carboxylic acids is 1. The fraction of sp³-hybridized carbons (Fsp3) is 0.0714. The Kier molecular flexibility index (Phi) is 7.23. The molecule has 0 spiro atoms. The summed E-state index contributed by atoms with van der Waals surface area (Å²) >= 11 is -0.613. The third-order valence-electron chi connectivity index (χ3n) is 1.90. The Hall–Kier alpha value is -1.25. The normalized spacial score (nSPS) is 9.17. The maximum atomic E-state index is 9.01. The van der Waals surface area contributed by atoms with Crippen LogP contribution in [0, 0.1) is 0 Å². The minimum atomic E-state index is -1.44. The molecule has 0 heterocycles. The first kappa shape index (κ1) is 14.8. The molecule has 1 N–H and O–H groups in total. The van der Waals surface area contributed by atoms with Crippen molar-refractivity contribution >= 4 is 35.7 Å². The number of carboxylic acid groups (broad SMARTS) is 1. The Morgan fingerprint density at radius 3 is 1.56 bits per heavy atom. The number of carbonyl (C=O) groups is 1. The molecule has 0 saturated heterocycles. The van der Waals surface area contributed by atoms with Crippen LogP contribution in [0.2, 0.25) is 0 Å². The van der Waals surface area contributed by atoms with E-state index in [0.29, 0.717) is 0 Å². The molecule has 0 bridgehead atoms. The van der Waals surface area contributed by atoms with Crippen LogP contribution in [0.1, 0.15) is 0 Å². The summed E-state index contributed by atoms with van der Waals surface area (Å²) in [6.45, 7) is -0.889. The van der Waals surface area contributed by atoms with Gasteiger partial charge in [-0.25, -0.2) is 0 Å². The summed E-state index contributed by atoms with van der Waals surface area (Å²) in [6, 6.07) is 21.6. The van der Waals surface area contributed by atoms with Gasteiger partial charge in [-0.2, -0.15) is 0 Å². The number of carboxylic acids is 1. The fourth-order valence-corrected chi connectivity index (χ4v) is 4.81. The van der Waals surface area contributed by atoms with Crippen molar-refractivity contribution in [2.45, 2.75) is 0 Å². The van der Waals surface area contributed by atoms with E-state index in [-0.39, 0.29) is 0 Å². The maximum absolute atomic E-state index is 9.01. The summed E-state index contributed by atoms with van der Waals surface area (Å²) in [5, 5.41) is 16.5. The van der Waals surface area contributed by atoms with E-state index >= 15 is 0 Å². The van der Waals surface area contributed by atoms with Crippen molar-refractivity contribution in [1.29, 1.82) is 0 Å². The second kappa shape index (κ2) is 8.79. The molecule has 0 saturated carbocycles. The molecule has 2 aromatic rings. The minimum absolute atomic E-state index is 0.613. The number of aliphatic hydroxyl groups excluding tert-OH is 1. The van der Waals surface area contributed by atoms with Crippen LogP contribution < -0.4 is 11.6 Å². The van der Waals surface area contributed by atoms with E-state index in [9.17, 15) is 0 Å². The second-order valence-corrected chi connectivity index (χ2v) is 8.20. The van der Waals surface area contributed by atoms with Crippen LogP contribution in [0.4, 0.5) is 0 Å². The van der Waals surface area contributed by atoms with E-state index in [2.05, 4.69) is 60.7 Å². The van der Waals surface area contributed by atoms with E-state index in [1.165, 1.54) is 0 Å². The first-order valence-corrected chi connectivity index (χ1v) is 8.82. The molecule has 2 radical (unpaired) electrons. The van der Waals surface area contributed by atoms with Gasteiger partial charge in [0.15, 0.2) is 0 Å². The predicted molar refractivity (Wildman–Crippen MR) is 70.0 cm³/mol. The summed E-state index contributed by atoms with van der Waals surface area (Å²) in [5.74, 6) is -1.44. The molecule has 0 unspecified atom stereocenters. The van der Waals surface area contributed by atoms with Gasteiger partial charge in [0.1, 0.15) is 0 Å². The number of hydrogen-bond donors (Lipinski definition) is 1. The van der Waals surface area contributed by atoms with Crippen molar-refractivity contribution < 1.29 is 15.0 Å². The van der Waals surface area contributed by atoms with E-state index in [1.54, 1.807) is 6.54 Å². The van der Waals surface area contributed by atoms with Crippen molar-refractivity contribution in [3.8, 4) is 0 Å². The number of aliphatic hydroxyl groups is 1. The average molecular weight is 438 g/mol. The third-order valence-corrected chi connectivity index (χ3v) is 6.23. The summed E-state index contributed by atoms with van der Waals surface area (Å²) in [4.78, 5) is 9.01. The molecule has 0 fully saturated rings. The van der Waals surface area contributed by atoms with Gasteiger partial charge < -0.3 is 15.0 Å². The zero-order valence-electron chi connectivity index (χ0n) is 9.69. The van der Waals surface area contributed by atoms with Crippen LogP contribution >= 0.6 is 0 Å². The first-order chi connectivity index (χ1) is 8.72. The van der Waals surface area contributed by atoms with Crippen molar-refractivity contribution in [2.24, 2.45) is 0 Å². The van der Waals surface area contributed by atoms with Crippen LogP contribution in [0.15, 0.2) is 60.7 Å². The Balaban J connectivity index is 0.000000280. The third kappa shape index (κ3) is 6.48. The predicted octanol–water partition coefficient (Wildman–Crippen LogP) is -0.930. The zero-order chi connectivity index (χ0) is 13.2. The van der Waals surface area contributed by atoms with Crippen molar-refractivity contribution in [3.63, 3.8) is 0 Å². The van der Waals surface area contributed by atoms with Gasteiger partial charge in [-0.1, -0.05) is 0 Å². The molecule has 2 rings (SSSR count). The van der Waals surface area contributed by atoms with Gasteiger partial charge in [-0.3, -0.25) is 0 Å². The van der Waals surface area contributed by atoms with Crippen LogP contribution in [-0.4, -0.2) is 40.9 Å². The molecular formula is C14H13BiO3. The van der Waals surface area contributed by atoms with E-state index in [1.807, 2.05) is 0 Å². The van der Waals surface area contributed by atoms with Crippen molar-refractivity contribution in [2.75, 3.05) is 6.61 Å². The molecule has 3 nitrogen and oxygen atoms in total. The van der Waals surface area contributed by atoms with Crippen LogP contribution in [0.3, 0.4) is 0 Å². The van der Waals surface area contributed by atoms with Gasteiger partial charge in [0.2, 0.25) is 0 Å². The van der Waals surface area contributed by atoms with Crippen LogP contribution in [-0.2, 0) is 4.79 Å². The first-order valence-electron chi connectivity index (χ1n) is 5.35. The zero-order valence-corrected chi connectivity index (χ0v) is 13.2. The van der Waals surface area contributed by atoms with Gasteiger partial charge in [0.25, 0.3) is 0 Å². The SMILES string of the molecule is O=C([O-])CO.c1cc[c]([Bi+][c]2ccccc2)cc1. The molecule has 0 aliphatic heterocycles. The topological polar surface area (TPSA) is 60.4 Å². The average Bonchev–Trinajstić information content (AvgIpc) is 2.42. The Bertz CT molecular complexity index is 419. The van der Waals surface area contributed by atoms with E-state index < -0.39 is 35.8 Å². The molecule has 0 aromatic heterocycles. The molecule has 4 heteroatoms. The summed E-state index contributed by atoms with van der Waals surface area (Å²) in [7, 11) is 0. The fourth-order valence-electron chi connectivity index (χ4n) is 1.15. The Labute approximate surface area is 118 Å². The standard InChI is InChI=1S/2C6H5.C2H4O3.Bi/c2*1-2-4-6-5-3-1;3-1-2(4)5;/h2*1-5H;3H,1H2,(H,4,5);/q;;;+1/p-1. The number of hydrogen-bond acceptors (Lipinski definition) is 3.